The minimum absolute atomic E-state index is 0.338. The smallest absolute Gasteiger partial charge is 0.238 e. The van der Waals surface area contributed by atoms with Crippen LogP contribution in [0.15, 0.2) is 0 Å². The molecule has 1 rings (SSSR count). The summed E-state index contributed by atoms with van der Waals surface area (Å²) in [6.45, 7) is 3.02. The van der Waals surface area contributed by atoms with Gasteiger partial charge in [0.2, 0.25) is 5.12 Å². The topological polar surface area (TPSA) is 44.8 Å². The van der Waals surface area contributed by atoms with Gasteiger partial charge in [-0.25, -0.2) is 0 Å². The van der Waals surface area contributed by atoms with Crippen LogP contribution in [-0.4, -0.2) is 68.3 Å². The van der Waals surface area contributed by atoms with Crippen molar-refractivity contribution in [3.8, 4) is 0 Å². The van der Waals surface area contributed by atoms with Crippen LogP contribution in [0.1, 0.15) is 12.8 Å². The van der Waals surface area contributed by atoms with Crippen LogP contribution in [0.5, 0.6) is 0 Å². The van der Waals surface area contributed by atoms with Crippen LogP contribution in [0, 0.1) is 0 Å². The molecule has 0 aromatic carbocycles. The third-order valence-electron chi connectivity index (χ3n) is 2.73. The van der Waals surface area contributed by atoms with E-state index in [-0.39, 0.29) is 0 Å². The number of ether oxygens (including phenoxy) is 3. The third-order valence-corrected chi connectivity index (χ3v) is 6.15. The lowest BCUT2D eigenvalue weighted by Crippen LogP contribution is -2.16. The normalized spacial score (nSPS) is 16.1. The second-order valence-electron chi connectivity index (χ2n) is 4.31. The first-order valence-corrected chi connectivity index (χ1v) is 9.49. The van der Waals surface area contributed by atoms with E-state index in [9.17, 15) is 4.79 Å². The van der Waals surface area contributed by atoms with Crippen molar-refractivity contribution >= 4 is 27.8 Å². The molecule has 0 saturated carbocycles. The molecule has 0 aromatic heterocycles. The van der Waals surface area contributed by atoms with E-state index in [2.05, 4.69) is 0 Å². The fourth-order valence-corrected chi connectivity index (χ4v) is 5.06. The molecule has 0 unspecified atom stereocenters. The zero-order valence-electron chi connectivity index (χ0n) is 11.7. The van der Waals surface area contributed by atoms with E-state index in [1.54, 1.807) is 7.11 Å². The molecule has 0 spiro atoms. The van der Waals surface area contributed by atoms with Crippen LogP contribution in [0.3, 0.4) is 0 Å². The molecule has 0 amide bonds. The number of rotatable bonds is 11. The number of carbonyl (C=O) groups excluding carboxylic acids is 1. The van der Waals surface area contributed by atoms with E-state index in [4.69, 9.17) is 14.2 Å². The van der Waals surface area contributed by atoms with Gasteiger partial charge in [0.15, 0.2) is 5.75 Å². The van der Waals surface area contributed by atoms with Crippen molar-refractivity contribution in [3.05, 3.63) is 0 Å². The Labute approximate surface area is 123 Å². The molecular formula is C13H25O4S2+. The van der Waals surface area contributed by atoms with Crippen LogP contribution in [0.25, 0.3) is 0 Å². The standard InChI is InChI=1S/C13H25O4S2/c1-15-4-5-16-6-7-17-8-9-18-13(14)12-19-10-2-3-11-19/h2-12H2,1H3/q+1. The summed E-state index contributed by atoms with van der Waals surface area (Å²) >= 11 is 1.42. The summed E-state index contributed by atoms with van der Waals surface area (Å²) in [5.74, 6) is 4.07. The summed E-state index contributed by atoms with van der Waals surface area (Å²) in [5.41, 5.74) is 0. The van der Waals surface area contributed by atoms with Crippen LogP contribution >= 0.6 is 11.8 Å². The molecule has 112 valence electrons. The molecule has 1 aliphatic heterocycles. The largest absolute Gasteiger partial charge is 0.382 e. The highest BCUT2D eigenvalue weighted by Crippen LogP contribution is 2.16. The Kier molecular flexibility index (Phi) is 11.0. The molecule has 0 radical (unpaired) electrons. The van der Waals surface area contributed by atoms with Crippen LogP contribution in [-0.2, 0) is 29.9 Å². The van der Waals surface area contributed by atoms with E-state index in [0.717, 1.165) is 11.5 Å². The van der Waals surface area contributed by atoms with Crippen molar-refractivity contribution < 1.29 is 19.0 Å². The van der Waals surface area contributed by atoms with Gasteiger partial charge in [-0.05, 0) is 23.7 Å². The maximum atomic E-state index is 11.7. The van der Waals surface area contributed by atoms with Crippen LogP contribution in [0.4, 0.5) is 0 Å². The Morgan fingerprint density at radius 1 is 1.05 bits per heavy atom. The van der Waals surface area contributed by atoms with E-state index in [0.29, 0.717) is 49.0 Å². The molecule has 1 fully saturated rings. The third kappa shape index (κ3) is 9.73. The van der Waals surface area contributed by atoms with Crippen molar-refractivity contribution in [2.45, 2.75) is 12.8 Å². The molecule has 0 bridgehead atoms. The van der Waals surface area contributed by atoms with Gasteiger partial charge in [-0.3, -0.25) is 4.79 Å². The second kappa shape index (κ2) is 12.0. The summed E-state index contributed by atoms with van der Waals surface area (Å²) < 4.78 is 15.5. The monoisotopic (exact) mass is 309 g/mol. The van der Waals surface area contributed by atoms with Gasteiger partial charge in [-0.2, -0.15) is 0 Å². The first kappa shape index (κ1) is 17.3. The highest BCUT2D eigenvalue weighted by Gasteiger charge is 2.26. The van der Waals surface area contributed by atoms with E-state index in [1.807, 2.05) is 0 Å². The molecule has 1 aliphatic rings. The predicted molar refractivity (Wildman–Crippen MR) is 82.2 cm³/mol. The highest BCUT2D eigenvalue weighted by atomic mass is 32.2. The number of hydrogen-bond donors (Lipinski definition) is 0. The quantitative estimate of drug-likeness (QED) is 0.426. The summed E-state index contributed by atoms with van der Waals surface area (Å²) in [5, 5.41) is 0.338. The molecule has 6 heteroatoms. The lowest BCUT2D eigenvalue weighted by molar-refractivity contribution is -0.108. The summed E-state index contributed by atoms with van der Waals surface area (Å²) in [6, 6.07) is 0. The van der Waals surface area contributed by atoms with Crippen LogP contribution < -0.4 is 0 Å². The maximum Gasteiger partial charge on any atom is 0.238 e. The Balaban J connectivity index is 1.80. The van der Waals surface area contributed by atoms with Gasteiger partial charge < -0.3 is 14.2 Å². The summed E-state index contributed by atoms with van der Waals surface area (Å²) in [4.78, 5) is 11.7. The van der Waals surface area contributed by atoms with E-state index >= 15 is 0 Å². The van der Waals surface area contributed by atoms with Gasteiger partial charge in [-0.15, -0.1) is 0 Å². The van der Waals surface area contributed by atoms with Crippen molar-refractivity contribution in [1.29, 1.82) is 0 Å². The average Bonchev–Trinajstić information content (AvgIpc) is 2.89. The predicted octanol–water partition coefficient (Wildman–Crippen LogP) is 1.34. The molecule has 0 N–H and O–H groups in total. The lowest BCUT2D eigenvalue weighted by atomic mass is 10.4. The van der Waals surface area contributed by atoms with E-state index in [1.165, 1.54) is 36.1 Å². The minimum atomic E-state index is 0.338. The number of thioether (sulfide) groups is 1. The molecule has 0 atom stereocenters. The molecule has 1 saturated heterocycles. The summed E-state index contributed by atoms with van der Waals surface area (Å²) in [6.07, 6.45) is 2.63. The first-order chi connectivity index (χ1) is 9.33. The molecule has 1 heterocycles. The molecule has 0 aliphatic carbocycles. The fourth-order valence-electron chi connectivity index (χ4n) is 1.75. The molecule has 4 nitrogen and oxygen atoms in total. The maximum absolute atomic E-state index is 11.7. The Morgan fingerprint density at radius 3 is 2.37 bits per heavy atom. The van der Waals surface area contributed by atoms with Gasteiger partial charge in [0.1, 0.15) is 11.5 Å². The number of hydrogen-bond acceptors (Lipinski definition) is 5. The van der Waals surface area contributed by atoms with Crippen molar-refractivity contribution in [2.75, 3.05) is 63.2 Å². The number of methoxy groups -OCH3 is 1. The zero-order valence-corrected chi connectivity index (χ0v) is 13.4. The van der Waals surface area contributed by atoms with Crippen molar-refractivity contribution in [2.24, 2.45) is 0 Å². The van der Waals surface area contributed by atoms with Crippen LogP contribution in [0.2, 0.25) is 0 Å². The van der Waals surface area contributed by atoms with Gasteiger partial charge in [0, 0.05) is 12.9 Å². The molecule has 0 aromatic rings. The Morgan fingerprint density at radius 2 is 1.68 bits per heavy atom. The van der Waals surface area contributed by atoms with Gasteiger partial charge in [0.25, 0.3) is 0 Å². The molecular weight excluding hydrogens is 284 g/mol. The lowest BCUT2D eigenvalue weighted by Gasteiger charge is -2.05. The first-order valence-electron chi connectivity index (χ1n) is 6.77. The van der Waals surface area contributed by atoms with Crippen molar-refractivity contribution in [1.82, 2.24) is 0 Å². The van der Waals surface area contributed by atoms with Gasteiger partial charge in [-0.1, -0.05) is 11.8 Å². The zero-order chi connectivity index (χ0) is 13.8. The van der Waals surface area contributed by atoms with E-state index < -0.39 is 0 Å². The minimum Gasteiger partial charge on any atom is -0.382 e. The SMILES string of the molecule is COCCOCCOCCSC(=O)C[S+]1CCCC1. The average molecular weight is 309 g/mol. The molecule has 19 heavy (non-hydrogen) atoms. The van der Waals surface area contributed by atoms with Gasteiger partial charge >= 0.3 is 0 Å². The Bertz CT molecular complexity index is 233. The fraction of sp³-hybridized carbons (Fsp3) is 0.923. The number of carbonyl (C=O) groups is 1. The highest BCUT2D eigenvalue weighted by molar-refractivity contribution is 8.15. The van der Waals surface area contributed by atoms with Gasteiger partial charge in [0.05, 0.1) is 33.0 Å². The van der Waals surface area contributed by atoms with Crippen molar-refractivity contribution in [3.63, 3.8) is 0 Å². The second-order valence-corrected chi connectivity index (χ2v) is 7.79. The summed E-state index contributed by atoms with van der Waals surface area (Å²) in [7, 11) is 2.04. The Hall–Kier alpha value is 0.250.